The maximum atomic E-state index is 12.7. The lowest BCUT2D eigenvalue weighted by molar-refractivity contribution is -0.284. The molecule has 0 N–H and O–H groups in total. The molecule has 144 valence electrons. The fraction of sp³-hybridized carbons (Fsp3) is 0.938. The molecular weight excluding hydrogens is 351 g/mol. The summed E-state index contributed by atoms with van der Waals surface area (Å²) in [5.74, 6) is -4.10. The van der Waals surface area contributed by atoms with Crippen LogP contribution in [0.5, 0.6) is 0 Å². The summed E-state index contributed by atoms with van der Waals surface area (Å²) < 4.78 is 66.7. The number of esters is 1. The number of rotatable bonds is 11. The zero-order chi connectivity index (χ0) is 19.0. The Balaban J connectivity index is 4.08. The molecule has 0 radical (unpaired) electrons. The largest absolute Gasteiger partial charge is 0.465 e. The fourth-order valence-electron chi connectivity index (χ4n) is 1.84. The minimum absolute atomic E-state index is 0.0595. The highest BCUT2D eigenvalue weighted by atomic mass is 32.2. The fourth-order valence-corrected chi connectivity index (χ4v) is 3.06. The minimum Gasteiger partial charge on any atom is -0.465 e. The van der Waals surface area contributed by atoms with Crippen molar-refractivity contribution < 1.29 is 31.5 Å². The Morgan fingerprint density at radius 3 is 2.04 bits per heavy atom. The van der Waals surface area contributed by atoms with Crippen LogP contribution in [0, 0.1) is 11.8 Å². The zero-order valence-corrected chi connectivity index (χ0v) is 15.4. The van der Waals surface area contributed by atoms with Crippen molar-refractivity contribution in [1.29, 1.82) is 0 Å². The highest BCUT2D eigenvalue weighted by Crippen LogP contribution is 2.39. The Morgan fingerprint density at radius 1 is 1.00 bits per heavy atom. The number of ether oxygens (including phenoxy) is 1. The predicted octanol–water partition coefficient (Wildman–Crippen LogP) is 5.70. The van der Waals surface area contributed by atoms with Crippen molar-refractivity contribution in [2.24, 2.45) is 11.8 Å². The van der Waals surface area contributed by atoms with Crippen LogP contribution in [-0.4, -0.2) is 35.7 Å². The van der Waals surface area contributed by atoms with Crippen LogP contribution in [0.1, 0.15) is 53.4 Å². The van der Waals surface area contributed by atoms with Crippen LogP contribution >= 0.6 is 11.8 Å². The molecule has 0 aromatic heterocycles. The first kappa shape index (κ1) is 23.5. The number of halogens is 5. The molecule has 1 atom stereocenters. The third kappa shape index (κ3) is 9.08. The van der Waals surface area contributed by atoms with Crippen molar-refractivity contribution in [2.75, 3.05) is 12.4 Å². The molecular formula is C16H27F5O2S. The first-order valence-electron chi connectivity index (χ1n) is 8.11. The quantitative estimate of drug-likeness (QED) is 0.262. The first-order valence-corrected chi connectivity index (χ1v) is 9.16. The van der Waals surface area contributed by atoms with Crippen LogP contribution in [0.2, 0.25) is 0 Å². The number of hydrogen-bond acceptors (Lipinski definition) is 3. The summed E-state index contributed by atoms with van der Waals surface area (Å²) in [5.41, 5.74) is 0. The number of alkyl halides is 5. The van der Waals surface area contributed by atoms with Gasteiger partial charge in [0, 0.05) is 6.42 Å². The van der Waals surface area contributed by atoms with E-state index in [1.807, 2.05) is 27.7 Å². The normalized spacial score (nSPS) is 14.3. The van der Waals surface area contributed by atoms with E-state index < -0.39 is 18.5 Å². The van der Waals surface area contributed by atoms with Crippen LogP contribution in [0.15, 0.2) is 0 Å². The number of thioether (sulfide) groups is 1. The molecule has 0 saturated carbocycles. The summed E-state index contributed by atoms with van der Waals surface area (Å²) in [6.07, 6.45) is -6.11. The Labute approximate surface area is 144 Å². The minimum atomic E-state index is -5.48. The van der Waals surface area contributed by atoms with Gasteiger partial charge in [-0.25, -0.2) is 0 Å². The third-order valence-corrected chi connectivity index (χ3v) is 4.86. The standard InChI is InChI=1S/C16H27F5O2S/c1-11(2)10-23-14(22)13(12(3)4)24-9-7-5-6-8-15(17,18)16(19,20)21/h11-13H,5-10H2,1-4H3. The van der Waals surface area contributed by atoms with Gasteiger partial charge in [0.2, 0.25) is 0 Å². The second kappa shape index (κ2) is 10.5. The number of carbonyl (C=O) groups is 1. The molecule has 1 unspecified atom stereocenters. The molecule has 0 saturated heterocycles. The topological polar surface area (TPSA) is 26.3 Å². The molecule has 0 aliphatic heterocycles. The highest BCUT2D eigenvalue weighted by molar-refractivity contribution is 8.00. The van der Waals surface area contributed by atoms with Crippen LogP contribution in [0.25, 0.3) is 0 Å². The van der Waals surface area contributed by atoms with Gasteiger partial charge in [-0.1, -0.05) is 34.1 Å². The van der Waals surface area contributed by atoms with E-state index in [0.717, 1.165) is 0 Å². The molecule has 0 amide bonds. The zero-order valence-electron chi connectivity index (χ0n) is 14.6. The van der Waals surface area contributed by atoms with Gasteiger partial charge in [-0.05, 0) is 30.4 Å². The van der Waals surface area contributed by atoms with Gasteiger partial charge in [0.1, 0.15) is 5.25 Å². The monoisotopic (exact) mass is 378 g/mol. The smallest absolute Gasteiger partial charge is 0.453 e. The molecule has 24 heavy (non-hydrogen) atoms. The van der Waals surface area contributed by atoms with Gasteiger partial charge in [0.05, 0.1) is 6.61 Å². The third-order valence-electron chi connectivity index (χ3n) is 3.24. The second-order valence-corrected chi connectivity index (χ2v) is 7.82. The van der Waals surface area contributed by atoms with Crippen molar-refractivity contribution in [2.45, 2.75) is 70.7 Å². The molecule has 0 aromatic rings. The van der Waals surface area contributed by atoms with Crippen LogP contribution in [0.3, 0.4) is 0 Å². The summed E-state index contributed by atoms with van der Waals surface area (Å²) in [6.45, 7) is 7.98. The number of unbranched alkanes of at least 4 members (excludes halogenated alkanes) is 2. The summed E-state index contributed by atoms with van der Waals surface area (Å²) in [4.78, 5) is 12.0. The average Bonchev–Trinajstić information content (AvgIpc) is 2.42. The molecule has 0 aromatic carbocycles. The summed E-state index contributed by atoms with van der Waals surface area (Å²) in [5, 5.41) is -0.347. The molecule has 0 heterocycles. The molecule has 0 spiro atoms. The van der Waals surface area contributed by atoms with Crippen molar-refractivity contribution in [1.82, 2.24) is 0 Å². The highest BCUT2D eigenvalue weighted by Gasteiger charge is 2.56. The van der Waals surface area contributed by atoms with Crippen molar-refractivity contribution in [3.8, 4) is 0 Å². The lowest BCUT2D eigenvalue weighted by atomic mass is 10.1. The lowest BCUT2D eigenvalue weighted by Gasteiger charge is -2.20. The van der Waals surface area contributed by atoms with Crippen LogP contribution in [-0.2, 0) is 9.53 Å². The molecule has 0 bridgehead atoms. The average molecular weight is 378 g/mol. The van der Waals surface area contributed by atoms with Gasteiger partial charge >= 0.3 is 18.1 Å². The predicted molar refractivity (Wildman–Crippen MR) is 86.4 cm³/mol. The number of carbonyl (C=O) groups excluding carboxylic acids is 1. The van der Waals surface area contributed by atoms with E-state index in [-0.39, 0.29) is 35.9 Å². The first-order chi connectivity index (χ1) is 10.9. The van der Waals surface area contributed by atoms with E-state index in [4.69, 9.17) is 4.74 Å². The molecule has 0 aliphatic carbocycles. The maximum Gasteiger partial charge on any atom is 0.453 e. The van der Waals surface area contributed by atoms with Gasteiger partial charge < -0.3 is 4.74 Å². The maximum absolute atomic E-state index is 12.7. The Bertz CT molecular complexity index is 370. The van der Waals surface area contributed by atoms with E-state index in [1.165, 1.54) is 11.8 Å². The Kier molecular flexibility index (Phi) is 10.2. The molecule has 0 aliphatic rings. The summed E-state index contributed by atoms with van der Waals surface area (Å²) in [6, 6.07) is 0. The lowest BCUT2D eigenvalue weighted by Crippen LogP contribution is -2.36. The van der Waals surface area contributed by atoms with Crippen molar-refractivity contribution >= 4 is 17.7 Å². The van der Waals surface area contributed by atoms with E-state index in [1.54, 1.807) is 0 Å². The number of hydrogen-bond donors (Lipinski definition) is 0. The van der Waals surface area contributed by atoms with Gasteiger partial charge in [0.15, 0.2) is 0 Å². The van der Waals surface area contributed by atoms with E-state index in [9.17, 15) is 26.7 Å². The van der Waals surface area contributed by atoms with E-state index >= 15 is 0 Å². The second-order valence-electron chi connectivity index (χ2n) is 6.57. The molecule has 8 heteroatoms. The van der Waals surface area contributed by atoms with E-state index in [0.29, 0.717) is 18.8 Å². The molecule has 0 rings (SSSR count). The van der Waals surface area contributed by atoms with Crippen molar-refractivity contribution in [3.63, 3.8) is 0 Å². The van der Waals surface area contributed by atoms with Gasteiger partial charge in [0.25, 0.3) is 0 Å². The Morgan fingerprint density at radius 2 is 1.58 bits per heavy atom. The molecule has 0 fully saturated rings. The van der Waals surface area contributed by atoms with E-state index in [2.05, 4.69) is 0 Å². The van der Waals surface area contributed by atoms with Gasteiger partial charge in [-0.2, -0.15) is 22.0 Å². The van der Waals surface area contributed by atoms with Crippen molar-refractivity contribution in [3.05, 3.63) is 0 Å². The summed E-state index contributed by atoms with van der Waals surface area (Å²) >= 11 is 1.37. The Hall–Kier alpha value is -0.530. The summed E-state index contributed by atoms with van der Waals surface area (Å²) in [7, 11) is 0. The van der Waals surface area contributed by atoms with Gasteiger partial charge in [-0.3, -0.25) is 4.79 Å². The molecule has 2 nitrogen and oxygen atoms in total. The van der Waals surface area contributed by atoms with Gasteiger partial charge in [-0.15, -0.1) is 11.8 Å². The van der Waals surface area contributed by atoms with Crippen LogP contribution < -0.4 is 0 Å². The SMILES string of the molecule is CC(C)COC(=O)C(SCCCCCC(F)(F)C(F)(F)F)C(C)C. The van der Waals surface area contributed by atoms with Crippen LogP contribution in [0.4, 0.5) is 22.0 Å².